The summed E-state index contributed by atoms with van der Waals surface area (Å²) in [6.45, 7) is 6.79. The van der Waals surface area contributed by atoms with E-state index in [1.807, 2.05) is 12.1 Å². The maximum absolute atomic E-state index is 14.2. The van der Waals surface area contributed by atoms with E-state index in [9.17, 15) is 4.39 Å². The molecule has 0 spiro atoms. The topological polar surface area (TPSA) is 42.1 Å². The zero-order valence-electron chi connectivity index (χ0n) is 16.0. The van der Waals surface area contributed by atoms with E-state index in [4.69, 9.17) is 5.73 Å². The van der Waals surface area contributed by atoms with E-state index in [1.165, 1.54) is 24.6 Å². The Morgan fingerprint density at radius 3 is 2.48 bits per heavy atom. The van der Waals surface area contributed by atoms with E-state index in [0.29, 0.717) is 16.9 Å². The largest absolute Gasteiger partial charge is 0.383 e. The van der Waals surface area contributed by atoms with Crippen molar-refractivity contribution in [1.82, 2.24) is 4.98 Å². The Hall–Kier alpha value is -2.62. The number of nitrogens with zero attached hydrogens (tertiary/aromatic N) is 2. The molecule has 27 heavy (non-hydrogen) atoms. The lowest BCUT2D eigenvalue weighted by Gasteiger charge is -2.35. The maximum atomic E-state index is 14.2. The third-order valence-electron chi connectivity index (χ3n) is 5.84. The number of nitrogen functional groups attached to an aromatic ring is 1. The lowest BCUT2D eigenvalue weighted by molar-refractivity contribution is 0.311. The lowest BCUT2D eigenvalue weighted by atomic mass is 9.86. The molecule has 1 aliphatic rings. The molecule has 1 fully saturated rings. The molecule has 0 amide bonds. The minimum absolute atomic E-state index is 0.282. The Balaban J connectivity index is 1.65. The molecule has 0 radical (unpaired) electrons. The van der Waals surface area contributed by atoms with E-state index >= 15 is 0 Å². The van der Waals surface area contributed by atoms with Gasteiger partial charge in [-0.05, 0) is 48.9 Å². The molecular formula is C23H26FN3. The van der Waals surface area contributed by atoms with Crippen molar-refractivity contribution in [3.05, 3.63) is 54.3 Å². The van der Waals surface area contributed by atoms with Crippen molar-refractivity contribution in [3.8, 4) is 11.1 Å². The number of benzene rings is 2. The highest BCUT2D eigenvalue weighted by Gasteiger charge is 2.22. The average Bonchev–Trinajstić information content (AvgIpc) is 2.68. The molecule has 0 unspecified atom stereocenters. The van der Waals surface area contributed by atoms with Gasteiger partial charge < -0.3 is 10.6 Å². The molecule has 3 aromatic rings. The van der Waals surface area contributed by atoms with Crippen molar-refractivity contribution >= 4 is 22.4 Å². The number of halogens is 1. The fourth-order valence-electron chi connectivity index (χ4n) is 4.09. The van der Waals surface area contributed by atoms with Gasteiger partial charge in [-0.2, -0.15) is 0 Å². The van der Waals surface area contributed by atoms with Gasteiger partial charge in [-0.15, -0.1) is 0 Å². The number of fused-ring (bicyclic) bond motifs is 1. The summed E-state index contributed by atoms with van der Waals surface area (Å²) in [7, 11) is 0. The molecule has 2 heterocycles. The SMILES string of the molecule is CC(C)C1CCN(c2ccc3cc(-c4ccccc4F)c(N)nc3c2)CC1. The second kappa shape index (κ2) is 7.18. The van der Waals surface area contributed by atoms with Gasteiger partial charge in [-0.3, -0.25) is 0 Å². The molecule has 2 aromatic carbocycles. The molecule has 1 aromatic heterocycles. The number of aromatic nitrogens is 1. The Morgan fingerprint density at radius 1 is 1.04 bits per heavy atom. The van der Waals surface area contributed by atoms with Crippen LogP contribution in [0, 0.1) is 17.7 Å². The summed E-state index contributed by atoms with van der Waals surface area (Å²) in [5.41, 5.74) is 9.36. The van der Waals surface area contributed by atoms with Crippen LogP contribution in [0.2, 0.25) is 0 Å². The maximum Gasteiger partial charge on any atom is 0.132 e. The third kappa shape index (κ3) is 3.48. The highest BCUT2D eigenvalue weighted by molar-refractivity contribution is 5.90. The summed E-state index contributed by atoms with van der Waals surface area (Å²) in [5.74, 6) is 1.65. The summed E-state index contributed by atoms with van der Waals surface area (Å²) in [6, 6.07) is 14.9. The number of anilines is 2. The molecule has 0 bridgehead atoms. The Kier molecular flexibility index (Phi) is 4.73. The molecule has 1 saturated heterocycles. The Labute approximate surface area is 160 Å². The minimum Gasteiger partial charge on any atom is -0.383 e. The summed E-state index contributed by atoms with van der Waals surface area (Å²) in [4.78, 5) is 7.01. The van der Waals surface area contributed by atoms with Crippen LogP contribution in [-0.4, -0.2) is 18.1 Å². The van der Waals surface area contributed by atoms with Gasteiger partial charge in [-0.25, -0.2) is 9.37 Å². The Bertz CT molecular complexity index is 959. The summed E-state index contributed by atoms with van der Waals surface area (Å²) < 4.78 is 14.2. The number of piperidine rings is 1. The predicted molar refractivity (Wildman–Crippen MR) is 111 cm³/mol. The first-order chi connectivity index (χ1) is 13.0. The van der Waals surface area contributed by atoms with E-state index in [2.05, 4.69) is 41.9 Å². The van der Waals surface area contributed by atoms with Crippen LogP contribution in [0.3, 0.4) is 0 Å². The van der Waals surface area contributed by atoms with Gasteiger partial charge in [0, 0.05) is 35.3 Å². The van der Waals surface area contributed by atoms with Crippen molar-refractivity contribution in [3.63, 3.8) is 0 Å². The first-order valence-electron chi connectivity index (χ1n) is 9.73. The highest BCUT2D eigenvalue weighted by atomic mass is 19.1. The van der Waals surface area contributed by atoms with Crippen molar-refractivity contribution in [2.75, 3.05) is 23.7 Å². The molecule has 140 valence electrons. The monoisotopic (exact) mass is 363 g/mol. The number of nitrogens with two attached hydrogens (primary N) is 1. The van der Waals surface area contributed by atoms with Gasteiger partial charge >= 0.3 is 0 Å². The van der Waals surface area contributed by atoms with Crippen molar-refractivity contribution < 1.29 is 4.39 Å². The van der Waals surface area contributed by atoms with Crippen LogP contribution in [0.15, 0.2) is 48.5 Å². The van der Waals surface area contributed by atoms with Crippen molar-refractivity contribution in [2.24, 2.45) is 11.8 Å². The number of rotatable bonds is 3. The molecule has 1 aliphatic heterocycles. The lowest BCUT2D eigenvalue weighted by Crippen LogP contribution is -2.35. The highest BCUT2D eigenvalue weighted by Crippen LogP contribution is 2.33. The van der Waals surface area contributed by atoms with Crippen LogP contribution in [0.4, 0.5) is 15.9 Å². The van der Waals surface area contributed by atoms with E-state index in [1.54, 1.807) is 12.1 Å². The van der Waals surface area contributed by atoms with E-state index in [-0.39, 0.29) is 5.82 Å². The molecule has 0 aliphatic carbocycles. The van der Waals surface area contributed by atoms with E-state index < -0.39 is 0 Å². The van der Waals surface area contributed by atoms with Crippen LogP contribution >= 0.6 is 0 Å². The van der Waals surface area contributed by atoms with Crippen LogP contribution in [0.5, 0.6) is 0 Å². The van der Waals surface area contributed by atoms with Gasteiger partial charge in [0.2, 0.25) is 0 Å². The van der Waals surface area contributed by atoms with Crippen LogP contribution < -0.4 is 10.6 Å². The first-order valence-corrected chi connectivity index (χ1v) is 9.73. The summed E-state index contributed by atoms with van der Waals surface area (Å²) in [5, 5.41) is 0.975. The van der Waals surface area contributed by atoms with Gasteiger partial charge in [-0.1, -0.05) is 38.1 Å². The summed E-state index contributed by atoms with van der Waals surface area (Å²) >= 11 is 0. The average molecular weight is 363 g/mol. The molecule has 4 rings (SSSR count). The van der Waals surface area contributed by atoms with Gasteiger partial charge in [0.05, 0.1) is 5.52 Å². The van der Waals surface area contributed by atoms with Gasteiger partial charge in [0.1, 0.15) is 11.6 Å². The summed E-state index contributed by atoms with van der Waals surface area (Å²) in [6.07, 6.45) is 2.47. The number of pyridine rings is 1. The molecule has 0 saturated carbocycles. The number of hydrogen-bond acceptors (Lipinski definition) is 3. The molecule has 4 heteroatoms. The quantitative estimate of drug-likeness (QED) is 0.668. The molecular weight excluding hydrogens is 337 g/mol. The Morgan fingerprint density at radius 2 is 1.78 bits per heavy atom. The van der Waals surface area contributed by atoms with Crippen molar-refractivity contribution in [1.29, 1.82) is 0 Å². The van der Waals surface area contributed by atoms with Gasteiger partial charge in [0.15, 0.2) is 0 Å². The fraction of sp³-hybridized carbons (Fsp3) is 0.348. The van der Waals surface area contributed by atoms with Crippen LogP contribution in [-0.2, 0) is 0 Å². The van der Waals surface area contributed by atoms with Crippen molar-refractivity contribution in [2.45, 2.75) is 26.7 Å². The zero-order chi connectivity index (χ0) is 19.0. The molecule has 3 nitrogen and oxygen atoms in total. The van der Waals surface area contributed by atoms with Crippen LogP contribution in [0.25, 0.3) is 22.0 Å². The molecule has 2 N–H and O–H groups in total. The second-order valence-electron chi connectivity index (χ2n) is 7.85. The fourth-order valence-corrected chi connectivity index (χ4v) is 4.09. The standard InChI is InChI=1S/C23H26FN3/c1-15(2)16-9-11-27(12-10-16)18-8-7-17-13-20(23(25)26-22(17)14-18)19-5-3-4-6-21(19)24/h3-8,13-16H,9-12H2,1-2H3,(H2,25,26). The third-order valence-corrected chi connectivity index (χ3v) is 5.84. The smallest absolute Gasteiger partial charge is 0.132 e. The second-order valence-corrected chi connectivity index (χ2v) is 7.85. The first kappa shape index (κ1) is 17.8. The number of hydrogen-bond donors (Lipinski definition) is 1. The van der Waals surface area contributed by atoms with E-state index in [0.717, 1.165) is 35.8 Å². The minimum atomic E-state index is -0.282. The van der Waals surface area contributed by atoms with Crippen LogP contribution in [0.1, 0.15) is 26.7 Å². The van der Waals surface area contributed by atoms with Gasteiger partial charge in [0.25, 0.3) is 0 Å². The zero-order valence-corrected chi connectivity index (χ0v) is 16.0. The molecule has 0 atom stereocenters. The predicted octanol–water partition coefficient (Wildman–Crippen LogP) is 5.50. The normalized spacial score (nSPS) is 15.6.